The molecule has 0 radical (unpaired) electrons. The maximum atomic E-state index is 11.9. The van der Waals surface area contributed by atoms with Crippen LogP contribution in [0, 0.1) is 0 Å². The van der Waals surface area contributed by atoms with Crippen LogP contribution in [0.4, 0.5) is 0 Å². The van der Waals surface area contributed by atoms with Crippen molar-refractivity contribution < 1.29 is 13.5 Å². The molecule has 0 aromatic carbocycles. The van der Waals surface area contributed by atoms with E-state index in [4.69, 9.17) is 5.11 Å². The molecular weight excluding hydrogens is 260 g/mol. The van der Waals surface area contributed by atoms with E-state index in [1.807, 2.05) is 20.1 Å². The SMILES string of the molecule is CSC(C)(C)CNS(=O)(=O)c1c[nH]c(CO)c1. The minimum atomic E-state index is -3.50. The molecule has 0 spiro atoms. The van der Waals surface area contributed by atoms with Crippen molar-refractivity contribution in [1.82, 2.24) is 9.71 Å². The third-order valence-electron chi connectivity index (χ3n) is 2.44. The van der Waals surface area contributed by atoms with Crippen molar-refractivity contribution in [2.45, 2.75) is 30.1 Å². The lowest BCUT2D eigenvalue weighted by Gasteiger charge is -2.21. The molecule has 0 saturated heterocycles. The highest BCUT2D eigenvalue weighted by atomic mass is 32.2. The van der Waals surface area contributed by atoms with Crippen LogP contribution in [0.25, 0.3) is 0 Å². The van der Waals surface area contributed by atoms with E-state index in [1.54, 1.807) is 11.8 Å². The van der Waals surface area contributed by atoms with Gasteiger partial charge in [-0.15, -0.1) is 0 Å². The number of hydrogen-bond acceptors (Lipinski definition) is 4. The van der Waals surface area contributed by atoms with Gasteiger partial charge in [-0.1, -0.05) is 0 Å². The molecule has 0 bridgehead atoms. The van der Waals surface area contributed by atoms with Crippen molar-refractivity contribution in [3.63, 3.8) is 0 Å². The number of H-pyrrole nitrogens is 1. The zero-order chi connectivity index (χ0) is 13.1. The Balaban J connectivity index is 2.76. The van der Waals surface area contributed by atoms with Crippen LogP contribution in [0.5, 0.6) is 0 Å². The number of aliphatic hydroxyl groups excluding tert-OH is 1. The van der Waals surface area contributed by atoms with E-state index in [-0.39, 0.29) is 16.2 Å². The van der Waals surface area contributed by atoms with Gasteiger partial charge in [0.2, 0.25) is 10.0 Å². The molecule has 1 rings (SSSR count). The Hall–Kier alpha value is -0.500. The zero-order valence-electron chi connectivity index (χ0n) is 10.1. The normalized spacial score (nSPS) is 12.9. The number of sulfonamides is 1. The van der Waals surface area contributed by atoms with Crippen molar-refractivity contribution in [2.75, 3.05) is 12.8 Å². The summed E-state index contributed by atoms with van der Waals surface area (Å²) in [4.78, 5) is 2.85. The van der Waals surface area contributed by atoms with Crippen LogP contribution in [0.2, 0.25) is 0 Å². The summed E-state index contributed by atoms with van der Waals surface area (Å²) in [6, 6.07) is 1.43. The average molecular weight is 278 g/mol. The number of rotatable bonds is 6. The molecule has 1 aromatic rings. The van der Waals surface area contributed by atoms with Crippen molar-refractivity contribution >= 4 is 21.8 Å². The van der Waals surface area contributed by atoms with Gasteiger partial charge in [0.1, 0.15) is 0 Å². The summed E-state index contributed by atoms with van der Waals surface area (Å²) in [7, 11) is -3.50. The van der Waals surface area contributed by atoms with Crippen LogP contribution in [-0.2, 0) is 16.6 Å². The minimum Gasteiger partial charge on any atom is -0.390 e. The van der Waals surface area contributed by atoms with Crippen LogP contribution in [0.15, 0.2) is 17.2 Å². The van der Waals surface area contributed by atoms with E-state index >= 15 is 0 Å². The predicted octanol–water partition coefficient (Wildman–Crippen LogP) is 0.927. The van der Waals surface area contributed by atoms with Crippen molar-refractivity contribution in [2.24, 2.45) is 0 Å². The van der Waals surface area contributed by atoms with Gasteiger partial charge in [0.25, 0.3) is 0 Å². The van der Waals surface area contributed by atoms with E-state index in [9.17, 15) is 8.42 Å². The van der Waals surface area contributed by atoms with Crippen LogP contribution < -0.4 is 4.72 Å². The summed E-state index contributed by atoms with van der Waals surface area (Å²) in [5, 5.41) is 8.86. The Morgan fingerprint density at radius 2 is 2.18 bits per heavy atom. The van der Waals surface area contributed by atoms with Gasteiger partial charge < -0.3 is 10.1 Å². The molecule has 0 amide bonds. The summed E-state index contributed by atoms with van der Waals surface area (Å²) in [5.74, 6) is 0. The Morgan fingerprint density at radius 3 is 2.65 bits per heavy atom. The van der Waals surface area contributed by atoms with Crippen LogP contribution >= 0.6 is 11.8 Å². The first-order valence-corrected chi connectivity index (χ1v) is 7.84. The summed E-state index contributed by atoms with van der Waals surface area (Å²) in [6.07, 6.45) is 3.31. The lowest BCUT2D eigenvalue weighted by molar-refractivity contribution is 0.277. The number of nitrogens with one attached hydrogen (secondary N) is 2. The van der Waals surface area contributed by atoms with Gasteiger partial charge >= 0.3 is 0 Å². The fraction of sp³-hybridized carbons (Fsp3) is 0.600. The summed E-state index contributed by atoms with van der Waals surface area (Å²) in [6.45, 7) is 4.09. The molecule has 7 heteroatoms. The van der Waals surface area contributed by atoms with Gasteiger partial charge in [0, 0.05) is 23.2 Å². The highest BCUT2D eigenvalue weighted by Gasteiger charge is 2.22. The Labute approximate surface area is 106 Å². The van der Waals surface area contributed by atoms with Crippen LogP contribution in [0.3, 0.4) is 0 Å². The standard InChI is InChI=1S/C10H18N2O3S2/c1-10(2,16-3)7-12-17(14,15)9-4-8(6-13)11-5-9/h4-5,11-13H,6-7H2,1-3H3. The highest BCUT2D eigenvalue weighted by molar-refractivity contribution is 8.00. The molecule has 98 valence electrons. The largest absolute Gasteiger partial charge is 0.390 e. The summed E-state index contributed by atoms with van der Waals surface area (Å²) < 4.78 is 26.2. The van der Waals surface area contributed by atoms with E-state index < -0.39 is 10.0 Å². The fourth-order valence-corrected chi connectivity index (χ4v) is 2.63. The Bertz CT molecular complexity index is 466. The molecule has 3 N–H and O–H groups in total. The molecule has 0 fully saturated rings. The summed E-state index contributed by atoms with van der Waals surface area (Å²) in [5.41, 5.74) is 0.481. The molecule has 0 aliphatic rings. The molecule has 0 saturated carbocycles. The predicted molar refractivity (Wildman–Crippen MR) is 69.5 cm³/mol. The lowest BCUT2D eigenvalue weighted by Crippen LogP contribution is -2.35. The molecule has 1 aromatic heterocycles. The number of aliphatic hydroxyl groups is 1. The van der Waals surface area contributed by atoms with Crippen molar-refractivity contribution in [3.8, 4) is 0 Å². The fourth-order valence-electron chi connectivity index (χ4n) is 1.09. The molecular formula is C10H18N2O3S2. The number of hydrogen-bond donors (Lipinski definition) is 3. The highest BCUT2D eigenvalue weighted by Crippen LogP contribution is 2.20. The second-order valence-electron chi connectivity index (χ2n) is 4.31. The molecule has 5 nitrogen and oxygen atoms in total. The number of thioether (sulfide) groups is 1. The van der Waals surface area contributed by atoms with E-state index in [0.717, 1.165) is 0 Å². The monoisotopic (exact) mass is 278 g/mol. The summed E-state index contributed by atoms with van der Waals surface area (Å²) >= 11 is 1.60. The van der Waals surface area contributed by atoms with Gasteiger partial charge in [0.05, 0.1) is 11.5 Å². The molecule has 0 aliphatic heterocycles. The maximum Gasteiger partial charge on any atom is 0.242 e. The van der Waals surface area contributed by atoms with Crippen molar-refractivity contribution in [3.05, 3.63) is 18.0 Å². The zero-order valence-corrected chi connectivity index (χ0v) is 11.8. The maximum absolute atomic E-state index is 11.9. The van der Waals surface area contributed by atoms with Crippen molar-refractivity contribution in [1.29, 1.82) is 0 Å². The van der Waals surface area contributed by atoms with E-state index in [1.165, 1.54) is 12.3 Å². The number of aromatic amines is 1. The van der Waals surface area contributed by atoms with Crippen LogP contribution in [-0.4, -0.2) is 36.1 Å². The molecule has 0 aliphatic carbocycles. The second-order valence-corrected chi connectivity index (χ2v) is 7.59. The first kappa shape index (κ1) is 14.6. The topological polar surface area (TPSA) is 82.2 Å². The third kappa shape index (κ3) is 4.02. The van der Waals surface area contributed by atoms with Crippen LogP contribution in [0.1, 0.15) is 19.5 Å². The van der Waals surface area contributed by atoms with Gasteiger partial charge in [-0.3, -0.25) is 0 Å². The van der Waals surface area contributed by atoms with Gasteiger partial charge in [-0.05, 0) is 26.2 Å². The minimum absolute atomic E-state index is 0.150. The third-order valence-corrected chi connectivity index (χ3v) is 5.07. The molecule has 17 heavy (non-hydrogen) atoms. The van der Waals surface area contributed by atoms with Gasteiger partial charge in [0.15, 0.2) is 0 Å². The Kier molecular flexibility index (Phi) is 4.65. The molecule has 1 heterocycles. The molecule has 0 atom stereocenters. The van der Waals surface area contributed by atoms with Gasteiger partial charge in [-0.25, -0.2) is 13.1 Å². The molecule has 0 unspecified atom stereocenters. The lowest BCUT2D eigenvalue weighted by atomic mass is 10.2. The Morgan fingerprint density at radius 1 is 1.53 bits per heavy atom. The smallest absolute Gasteiger partial charge is 0.242 e. The quantitative estimate of drug-likeness (QED) is 0.723. The second kappa shape index (κ2) is 5.43. The van der Waals surface area contributed by atoms with E-state index in [0.29, 0.717) is 12.2 Å². The first-order valence-electron chi connectivity index (χ1n) is 5.14. The van der Waals surface area contributed by atoms with Gasteiger partial charge in [-0.2, -0.15) is 11.8 Å². The first-order chi connectivity index (χ1) is 7.80. The number of aromatic nitrogens is 1. The average Bonchev–Trinajstić information content (AvgIpc) is 2.76. The van der Waals surface area contributed by atoms with E-state index in [2.05, 4.69) is 9.71 Å².